The van der Waals surface area contributed by atoms with Gasteiger partial charge in [0, 0.05) is 5.56 Å². The van der Waals surface area contributed by atoms with E-state index in [9.17, 15) is 9.18 Å². The quantitative estimate of drug-likeness (QED) is 0.802. The maximum Gasteiger partial charge on any atom is 0.280 e. The molecule has 1 heterocycles. The van der Waals surface area contributed by atoms with Crippen LogP contribution in [0.15, 0.2) is 29.6 Å². The molecule has 7 heteroatoms. The fourth-order valence-electron chi connectivity index (χ4n) is 2.31. The van der Waals surface area contributed by atoms with Crippen LogP contribution in [0.5, 0.6) is 5.75 Å². The summed E-state index contributed by atoms with van der Waals surface area (Å²) in [5, 5.41) is 14.1. The molecule has 2 aromatic rings. The van der Waals surface area contributed by atoms with Gasteiger partial charge in [-0.2, -0.15) is 5.26 Å². The predicted molar refractivity (Wildman–Crippen MR) is 90.7 cm³/mol. The number of carbonyl (C=O) groups is 1. The molecule has 0 aliphatic rings. The Hall–Kier alpha value is -2.43. The van der Waals surface area contributed by atoms with Crippen LogP contribution in [-0.2, 0) is 11.3 Å². The molecule has 24 heavy (non-hydrogen) atoms. The highest BCUT2D eigenvalue weighted by Gasteiger charge is 2.16. The van der Waals surface area contributed by atoms with Crippen LogP contribution in [0.4, 0.5) is 9.39 Å². The van der Waals surface area contributed by atoms with Crippen LogP contribution in [0.2, 0.25) is 0 Å². The highest BCUT2D eigenvalue weighted by atomic mass is 32.1. The van der Waals surface area contributed by atoms with E-state index >= 15 is 0 Å². The van der Waals surface area contributed by atoms with Gasteiger partial charge in [0.25, 0.3) is 5.91 Å². The topological polar surface area (TPSA) is 66.6 Å². The van der Waals surface area contributed by atoms with Crippen LogP contribution in [-0.4, -0.2) is 26.1 Å². The van der Waals surface area contributed by atoms with Gasteiger partial charge in [0.05, 0.1) is 19.2 Å². The number of likely N-dealkylation sites (N-methyl/N-ethyl adjacent to an activating group) is 1. The van der Waals surface area contributed by atoms with Crippen LogP contribution in [0.25, 0.3) is 0 Å². The standard InChI is InChI=1S/C17H18FN3O2S/c1-3-21(10-12-4-5-15(23-2)14(18)8-12)11-16(22)20-17-13(9-19)6-7-24-17/h4-8H,3,10-11H2,1-2H3,(H,20,22)/p+1. The molecule has 0 aliphatic heterocycles. The molecule has 0 saturated carbocycles. The van der Waals surface area contributed by atoms with E-state index in [1.165, 1.54) is 24.5 Å². The summed E-state index contributed by atoms with van der Waals surface area (Å²) in [4.78, 5) is 13.2. The summed E-state index contributed by atoms with van der Waals surface area (Å²) in [6.45, 7) is 3.46. The minimum atomic E-state index is -0.410. The number of nitriles is 1. The third kappa shape index (κ3) is 4.54. The first-order valence-electron chi connectivity index (χ1n) is 7.50. The van der Waals surface area contributed by atoms with Gasteiger partial charge in [-0.25, -0.2) is 4.39 Å². The van der Waals surface area contributed by atoms with Crippen molar-refractivity contribution in [2.45, 2.75) is 13.5 Å². The largest absolute Gasteiger partial charge is 0.494 e. The number of carbonyl (C=O) groups excluding carboxylic acids is 1. The average Bonchev–Trinajstić information content (AvgIpc) is 3.01. The Kier molecular flexibility index (Phi) is 6.29. The number of benzene rings is 1. The fourth-order valence-corrected chi connectivity index (χ4v) is 3.07. The normalized spacial score (nSPS) is 11.6. The lowest BCUT2D eigenvalue weighted by Gasteiger charge is -2.17. The fraction of sp³-hybridized carbons (Fsp3) is 0.294. The summed E-state index contributed by atoms with van der Waals surface area (Å²) in [5.74, 6) is -0.372. The van der Waals surface area contributed by atoms with Crippen molar-refractivity contribution in [3.8, 4) is 11.8 Å². The molecule has 0 bridgehead atoms. The number of nitrogens with zero attached hydrogens (tertiary/aromatic N) is 1. The average molecular weight is 348 g/mol. The Balaban J connectivity index is 1.98. The number of anilines is 1. The summed E-state index contributed by atoms with van der Waals surface area (Å²) in [7, 11) is 1.42. The van der Waals surface area contributed by atoms with Crippen molar-refractivity contribution in [1.29, 1.82) is 5.26 Å². The van der Waals surface area contributed by atoms with Crippen LogP contribution >= 0.6 is 11.3 Å². The lowest BCUT2D eigenvalue weighted by molar-refractivity contribution is -0.903. The molecular weight excluding hydrogens is 329 g/mol. The Morgan fingerprint density at radius 1 is 1.46 bits per heavy atom. The van der Waals surface area contributed by atoms with E-state index < -0.39 is 5.82 Å². The SMILES string of the molecule is CC[NH+](CC(=O)Nc1sccc1C#N)Cc1ccc(OC)c(F)c1. The number of halogens is 1. The number of ether oxygens (including phenoxy) is 1. The predicted octanol–water partition coefficient (Wildman–Crippen LogP) is 1.81. The zero-order chi connectivity index (χ0) is 17.5. The van der Waals surface area contributed by atoms with Crippen LogP contribution < -0.4 is 15.0 Å². The second-order valence-electron chi connectivity index (χ2n) is 5.25. The number of amides is 1. The maximum absolute atomic E-state index is 13.8. The molecule has 0 spiro atoms. The number of hydrogen-bond acceptors (Lipinski definition) is 4. The summed E-state index contributed by atoms with van der Waals surface area (Å²) >= 11 is 1.32. The molecular formula is C17H19FN3O2S+. The summed E-state index contributed by atoms with van der Waals surface area (Å²) in [6, 6.07) is 8.52. The van der Waals surface area contributed by atoms with Gasteiger partial charge < -0.3 is 15.0 Å². The smallest absolute Gasteiger partial charge is 0.280 e. The number of nitrogens with one attached hydrogen (secondary N) is 2. The van der Waals surface area contributed by atoms with Gasteiger partial charge in [0.2, 0.25) is 0 Å². The highest BCUT2D eigenvalue weighted by Crippen LogP contribution is 2.21. The van der Waals surface area contributed by atoms with Crippen LogP contribution in [0.3, 0.4) is 0 Å². The molecule has 2 rings (SSSR count). The number of quaternary nitrogens is 1. The zero-order valence-electron chi connectivity index (χ0n) is 13.6. The molecule has 2 N–H and O–H groups in total. The Morgan fingerprint density at radius 3 is 2.88 bits per heavy atom. The number of rotatable bonds is 7. The lowest BCUT2D eigenvalue weighted by Crippen LogP contribution is -3.11. The molecule has 1 aromatic heterocycles. The molecule has 1 unspecified atom stereocenters. The second-order valence-corrected chi connectivity index (χ2v) is 6.17. The van der Waals surface area contributed by atoms with E-state index in [0.29, 0.717) is 17.1 Å². The number of methoxy groups -OCH3 is 1. The van der Waals surface area contributed by atoms with Crippen molar-refractivity contribution < 1.29 is 18.8 Å². The van der Waals surface area contributed by atoms with E-state index in [2.05, 4.69) is 5.32 Å². The summed E-state index contributed by atoms with van der Waals surface area (Å²) < 4.78 is 18.7. The van der Waals surface area contributed by atoms with E-state index in [4.69, 9.17) is 10.00 Å². The van der Waals surface area contributed by atoms with Gasteiger partial charge in [0.1, 0.15) is 17.6 Å². The number of hydrogen-bond donors (Lipinski definition) is 2. The van der Waals surface area contributed by atoms with E-state index in [-0.39, 0.29) is 18.2 Å². The molecule has 0 radical (unpaired) electrons. The van der Waals surface area contributed by atoms with Crippen molar-refractivity contribution in [1.82, 2.24) is 0 Å². The molecule has 1 amide bonds. The van der Waals surface area contributed by atoms with Crippen molar-refractivity contribution in [2.24, 2.45) is 0 Å². The molecule has 1 aromatic carbocycles. The van der Waals surface area contributed by atoms with Gasteiger partial charge in [-0.1, -0.05) is 0 Å². The van der Waals surface area contributed by atoms with Crippen molar-refractivity contribution in [3.63, 3.8) is 0 Å². The zero-order valence-corrected chi connectivity index (χ0v) is 14.4. The Bertz CT molecular complexity index is 755. The first kappa shape index (κ1) is 17.9. The Labute approximate surface area is 144 Å². The molecule has 0 saturated heterocycles. The second kappa shape index (κ2) is 8.43. The Morgan fingerprint density at radius 2 is 2.25 bits per heavy atom. The third-order valence-electron chi connectivity index (χ3n) is 3.62. The highest BCUT2D eigenvalue weighted by molar-refractivity contribution is 7.14. The maximum atomic E-state index is 13.8. The first-order valence-corrected chi connectivity index (χ1v) is 8.38. The van der Waals surface area contributed by atoms with Crippen LogP contribution in [0.1, 0.15) is 18.1 Å². The van der Waals surface area contributed by atoms with E-state index in [1.54, 1.807) is 23.6 Å². The van der Waals surface area contributed by atoms with Gasteiger partial charge in [-0.05, 0) is 36.6 Å². The monoisotopic (exact) mass is 348 g/mol. The van der Waals surface area contributed by atoms with Gasteiger partial charge in [-0.15, -0.1) is 11.3 Å². The summed E-state index contributed by atoms with van der Waals surface area (Å²) in [6.07, 6.45) is 0. The number of thiophene rings is 1. The lowest BCUT2D eigenvalue weighted by atomic mass is 10.2. The van der Waals surface area contributed by atoms with Gasteiger partial charge in [-0.3, -0.25) is 4.79 Å². The van der Waals surface area contributed by atoms with Crippen LogP contribution in [0, 0.1) is 17.1 Å². The van der Waals surface area contributed by atoms with E-state index in [1.807, 2.05) is 13.0 Å². The van der Waals surface area contributed by atoms with Crippen molar-refractivity contribution in [2.75, 3.05) is 25.5 Å². The molecule has 0 fully saturated rings. The first-order chi connectivity index (χ1) is 11.6. The van der Waals surface area contributed by atoms with E-state index in [0.717, 1.165) is 17.0 Å². The third-order valence-corrected chi connectivity index (χ3v) is 4.45. The summed E-state index contributed by atoms with van der Waals surface area (Å²) in [5.41, 5.74) is 1.26. The minimum Gasteiger partial charge on any atom is -0.494 e. The van der Waals surface area contributed by atoms with Crippen molar-refractivity contribution in [3.05, 3.63) is 46.6 Å². The minimum absolute atomic E-state index is 0.167. The van der Waals surface area contributed by atoms with Gasteiger partial charge >= 0.3 is 0 Å². The van der Waals surface area contributed by atoms with Crippen molar-refractivity contribution >= 4 is 22.2 Å². The molecule has 5 nitrogen and oxygen atoms in total. The molecule has 126 valence electrons. The van der Waals surface area contributed by atoms with Gasteiger partial charge in [0.15, 0.2) is 18.1 Å². The molecule has 1 atom stereocenters. The molecule has 0 aliphatic carbocycles.